The fourth-order valence-electron chi connectivity index (χ4n) is 4.56. The smallest absolute Gasteiger partial charge is 0.320 e. The Morgan fingerprint density at radius 1 is 1.14 bits per heavy atom. The molecule has 0 aliphatic carbocycles. The monoisotopic (exact) mass is 569 g/mol. The highest BCUT2D eigenvalue weighted by Crippen LogP contribution is 2.29. The van der Waals surface area contributed by atoms with Gasteiger partial charge in [-0.15, -0.1) is 11.3 Å². The third kappa shape index (κ3) is 8.00. The van der Waals surface area contributed by atoms with Gasteiger partial charge in [0.2, 0.25) is 0 Å². The second-order valence-corrected chi connectivity index (χ2v) is 13.1. The molecule has 0 bridgehead atoms. The molecule has 1 aliphatic heterocycles. The zero-order chi connectivity index (χ0) is 27.0. The first-order valence-electron chi connectivity index (χ1n) is 12.7. The highest BCUT2D eigenvalue weighted by molar-refractivity contribution is 7.91. The van der Waals surface area contributed by atoms with E-state index in [4.69, 9.17) is 11.6 Å². The van der Waals surface area contributed by atoms with Gasteiger partial charge >= 0.3 is 5.97 Å². The normalized spacial score (nSPS) is 16.1. The van der Waals surface area contributed by atoms with Crippen LogP contribution in [0.1, 0.15) is 67.6 Å². The summed E-state index contributed by atoms with van der Waals surface area (Å²) in [5, 5.41) is 12.9. The number of sulfonamides is 1. The molecule has 2 N–H and O–H groups in total. The number of carbonyl (C=O) groups is 2. The van der Waals surface area contributed by atoms with Crippen molar-refractivity contribution in [2.75, 3.05) is 19.6 Å². The van der Waals surface area contributed by atoms with E-state index in [1.807, 2.05) is 4.90 Å². The lowest BCUT2D eigenvalue weighted by molar-refractivity contribution is -0.144. The van der Waals surface area contributed by atoms with Crippen LogP contribution < -0.4 is 5.32 Å². The van der Waals surface area contributed by atoms with Gasteiger partial charge in [0, 0.05) is 34.6 Å². The molecule has 1 unspecified atom stereocenters. The highest BCUT2D eigenvalue weighted by Gasteiger charge is 2.35. The van der Waals surface area contributed by atoms with Crippen LogP contribution in [0.5, 0.6) is 0 Å². The van der Waals surface area contributed by atoms with E-state index in [0.717, 1.165) is 41.9 Å². The Bertz CT molecular complexity index is 1150. The number of aliphatic carboxylic acids is 1. The average Bonchev–Trinajstić information content (AvgIpc) is 3.37. The van der Waals surface area contributed by atoms with Gasteiger partial charge in [-0.1, -0.05) is 37.8 Å². The quantitative estimate of drug-likeness (QED) is 0.334. The van der Waals surface area contributed by atoms with Crippen LogP contribution in [0.2, 0.25) is 5.02 Å². The fraction of sp³-hybridized carbons (Fsp3) is 0.538. The maximum atomic E-state index is 13.3. The van der Waals surface area contributed by atoms with E-state index >= 15 is 0 Å². The molecule has 0 radical (unpaired) electrons. The van der Waals surface area contributed by atoms with E-state index < -0.39 is 22.0 Å². The van der Waals surface area contributed by atoms with E-state index in [-0.39, 0.29) is 22.7 Å². The van der Waals surface area contributed by atoms with E-state index in [9.17, 15) is 23.1 Å². The lowest BCUT2D eigenvalue weighted by Crippen LogP contribution is -2.51. The summed E-state index contributed by atoms with van der Waals surface area (Å²) in [6.07, 6.45) is 5.44. The molecule has 11 heteroatoms. The third-order valence-electron chi connectivity index (χ3n) is 6.78. The minimum Gasteiger partial charge on any atom is -0.480 e. The number of carboxylic acid groups (broad SMARTS) is 1. The molecule has 1 saturated heterocycles. The maximum absolute atomic E-state index is 13.3. The molecule has 0 spiro atoms. The SMILES string of the molecule is CCCCCCN(C1CCN(S(=O)(=O)c2ccc(CNC(=O)c3ccc(Cl)cc3)s2)CC1)C(C)C(=O)O. The Balaban J connectivity index is 1.57. The number of nitrogens with zero attached hydrogens (tertiary/aromatic N) is 2. The van der Waals surface area contributed by atoms with Crippen LogP contribution >= 0.6 is 22.9 Å². The van der Waals surface area contributed by atoms with Crippen LogP contribution in [0, 0.1) is 0 Å². The molecule has 3 rings (SSSR count). The Kier molecular flexibility index (Phi) is 11.0. The molecule has 1 aromatic carbocycles. The summed E-state index contributed by atoms with van der Waals surface area (Å²) in [5.74, 6) is -1.11. The number of nitrogens with one attached hydrogen (secondary N) is 1. The van der Waals surface area contributed by atoms with Crippen molar-refractivity contribution >= 4 is 44.8 Å². The third-order valence-corrected chi connectivity index (χ3v) is 10.5. The maximum Gasteiger partial charge on any atom is 0.320 e. The molecule has 37 heavy (non-hydrogen) atoms. The number of halogens is 1. The zero-order valence-electron chi connectivity index (χ0n) is 21.4. The number of unbranched alkanes of at least 4 members (excludes halogenated alkanes) is 3. The van der Waals surface area contributed by atoms with Gasteiger partial charge < -0.3 is 10.4 Å². The molecular formula is C26H36ClN3O5S2. The number of amides is 1. The van der Waals surface area contributed by atoms with Crippen molar-refractivity contribution in [3.63, 3.8) is 0 Å². The molecule has 2 heterocycles. The summed E-state index contributed by atoms with van der Waals surface area (Å²) in [4.78, 5) is 26.8. The molecule has 1 aromatic heterocycles. The average molecular weight is 570 g/mol. The molecule has 1 amide bonds. The summed E-state index contributed by atoms with van der Waals surface area (Å²) in [6.45, 7) is 5.49. The number of carboxylic acids is 1. The van der Waals surface area contributed by atoms with Gasteiger partial charge in [-0.05, 0) is 69.1 Å². The first kappa shape index (κ1) is 29.6. The van der Waals surface area contributed by atoms with E-state index in [0.29, 0.717) is 43.1 Å². The lowest BCUT2D eigenvalue weighted by atomic mass is 10.0. The number of rotatable bonds is 13. The van der Waals surface area contributed by atoms with Gasteiger partial charge in [0.1, 0.15) is 10.3 Å². The van der Waals surface area contributed by atoms with Crippen LogP contribution in [0.3, 0.4) is 0 Å². The Morgan fingerprint density at radius 3 is 2.43 bits per heavy atom. The Morgan fingerprint density at radius 2 is 1.81 bits per heavy atom. The first-order chi connectivity index (χ1) is 17.6. The number of benzene rings is 1. The number of thiophene rings is 1. The predicted molar refractivity (Wildman–Crippen MR) is 147 cm³/mol. The zero-order valence-corrected chi connectivity index (χ0v) is 23.7. The van der Waals surface area contributed by atoms with Gasteiger partial charge in [0.15, 0.2) is 0 Å². The molecule has 2 aromatic rings. The van der Waals surface area contributed by atoms with Crippen molar-refractivity contribution in [3.05, 3.63) is 51.9 Å². The van der Waals surface area contributed by atoms with E-state index in [2.05, 4.69) is 12.2 Å². The van der Waals surface area contributed by atoms with Crippen LogP contribution in [-0.2, 0) is 21.4 Å². The minimum absolute atomic E-state index is 0.0427. The van der Waals surface area contributed by atoms with Gasteiger partial charge in [0.05, 0.1) is 6.54 Å². The molecular weight excluding hydrogens is 534 g/mol. The molecule has 1 aliphatic rings. The van der Waals surface area contributed by atoms with Gasteiger partial charge in [-0.25, -0.2) is 8.42 Å². The fourth-order valence-corrected chi connectivity index (χ4v) is 7.60. The van der Waals surface area contributed by atoms with Crippen LogP contribution in [0.25, 0.3) is 0 Å². The van der Waals surface area contributed by atoms with Crippen molar-refractivity contribution in [1.82, 2.24) is 14.5 Å². The molecule has 204 valence electrons. The van der Waals surface area contributed by atoms with Gasteiger partial charge in [0.25, 0.3) is 15.9 Å². The Hall–Kier alpha value is -1.98. The summed E-state index contributed by atoms with van der Waals surface area (Å²) in [6, 6.07) is 9.30. The largest absolute Gasteiger partial charge is 0.480 e. The van der Waals surface area contributed by atoms with Crippen molar-refractivity contribution in [3.8, 4) is 0 Å². The van der Waals surface area contributed by atoms with Crippen LogP contribution in [-0.4, -0.2) is 66.3 Å². The second-order valence-electron chi connectivity index (χ2n) is 9.36. The van der Waals surface area contributed by atoms with Crippen LogP contribution in [0.4, 0.5) is 0 Å². The summed E-state index contributed by atoms with van der Waals surface area (Å²) >= 11 is 7.01. The molecule has 0 saturated carbocycles. The van der Waals surface area contributed by atoms with Gasteiger partial charge in [-0.3, -0.25) is 14.5 Å². The summed E-state index contributed by atoms with van der Waals surface area (Å²) in [7, 11) is -3.66. The van der Waals surface area contributed by atoms with Gasteiger partial charge in [-0.2, -0.15) is 4.31 Å². The highest BCUT2D eigenvalue weighted by atomic mass is 35.5. The van der Waals surface area contributed by atoms with E-state index in [1.165, 1.54) is 4.31 Å². The van der Waals surface area contributed by atoms with Crippen molar-refractivity contribution in [2.24, 2.45) is 0 Å². The molecule has 8 nitrogen and oxygen atoms in total. The molecule has 1 fully saturated rings. The predicted octanol–water partition coefficient (Wildman–Crippen LogP) is 4.84. The van der Waals surface area contributed by atoms with Crippen molar-refractivity contribution in [2.45, 2.75) is 75.2 Å². The standard InChI is InChI=1S/C26H36ClN3O5S2/c1-3-4-5-6-15-30(19(2)26(32)33)22-13-16-29(17-14-22)37(34,35)24-12-11-23(36-24)18-28-25(31)20-7-9-21(27)10-8-20/h7-12,19,22H,3-6,13-18H2,1-2H3,(H,28,31)(H,32,33). The van der Waals surface area contributed by atoms with Crippen LogP contribution in [0.15, 0.2) is 40.6 Å². The van der Waals surface area contributed by atoms with Crippen molar-refractivity contribution in [1.29, 1.82) is 0 Å². The first-order valence-corrected chi connectivity index (χ1v) is 15.4. The number of carbonyl (C=O) groups excluding carboxylic acids is 1. The number of hydrogen-bond donors (Lipinski definition) is 2. The minimum atomic E-state index is -3.66. The lowest BCUT2D eigenvalue weighted by Gasteiger charge is -2.39. The second kappa shape index (κ2) is 13.7. The number of piperidine rings is 1. The van der Waals surface area contributed by atoms with Crippen molar-refractivity contribution < 1.29 is 23.1 Å². The number of hydrogen-bond acceptors (Lipinski definition) is 6. The Labute approximate surface area is 228 Å². The molecule has 1 atom stereocenters. The van der Waals surface area contributed by atoms with E-state index in [1.54, 1.807) is 43.3 Å². The summed E-state index contributed by atoms with van der Waals surface area (Å²) < 4.78 is 28.3. The topological polar surface area (TPSA) is 107 Å². The summed E-state index contributed by atoms with van der Waals surface area (Å²) in [5.41, 5.74) is 0.480.